The Morgan fingerprint density at radius 2 is 1.97 bits per heavy atom. The van der Waals surface area contributed by atoms with Crippen molar-refractivity contribution < 1.29 is 13.9 Å². The van der Waals surface area contributed by atoms with Crippen molar-refractivity contribution in [3.05, 3.63) is 60.2 Å². The van der Waals surface area contributed by atoms with Gasteiger partial charge < -0.3 is 24.3 Å². The number of hydrogen-bond donors (Lipinski definition) is 1. The van der Waals surface area contributed by atoms with Crippen LogP contribution in [0.3, 0.4) is 0 Å². The molecule has 29 heavy (non-hydrogen) atoms. The second-order valence-corrected chi connectivity index (χ2v) is 6.60. The standard InChI is InChI=1S/C20H22N6O3/c1-28-16-6-4-15(5-7-16)13-21-18-14-22-24-20(23-18)26-10-8-25(9-11-26)19(27)17-3-2-12-29-17/h2-7,12,14H,8-11,13H2,1H3,(H,21,23,24). The van der Waals surface area contributed by atoms with Gasteiger partial charge >= 0.3 is 0 Å². The fraction of sp³-hybridized carbons (Fsp3) is 0.300. The molecule has 1 aromatic carbocycles. The molecule has 4 rings (SSSR count). The number of aromatic nitrogens is 3. The van der Waals surface area contributed by atoms with Gasteiger partial charge in [-0.1, -0.05) is 12.1 Å². The zero-order valence-electron chi connectivity index (χ0n) is 16.1. The van der Waals surface area contributed by atoms with E-state index in [0.29, 0.717) is 50.3 Å². The van der Waals surface area contributed by atoms with Crippen LogP contribution in [0, 0.1) is 0 Å². The smallest absolute Gasteiger partial charge is 0.289 e. The molecule has 1 saturated heterocycles. The summed E-state index contributed by atoms with van der Waals surface area (Å²) in [6, 6.07) is 11.2. The number of benzene rings is 1. The summed E-state index contributed by atoms with van der Waals surface area (Å²) in [5.74, 6) is 2.30. The van der Waals surface area contributed by atoms with Crippen LogP contribution in [-0.2, 0) is 6.54 Å². The third-order valence-electron chi connectivity index (χ3n) is 4.76. The molecule has 0 spiro atoms. The Morgan fingerprint density at radius 3 is 2.66 bits per heavy atom. The zero-order valence-corrected chi connectivity index (χ0v) is 16.1. The molecule has 150 valence electrons. The molecule has 9 heteroatoms. The molecule has 1 aliphatic heterocycles. The van der Waals surface area contributed by atoms with E-state index in [2.05, 4.69) is 20.5 Å². The van der Waals surface area contributed by atoms with Gasteiger partial charge in [0.15, 0.2) is 11.6 Å². The first-order valence-electron chi connectivity index (χ1n) is 9.37. The number of carbonyl (C=O) groups excluding carboxylic acids is 1. The highest BCUT2D eigenvalue weighted by atomic mass is 16.5. The molecule has 9 nitrogen and oxygen atoms in total. The molecule has 1 amide bonds. The van der Waals surface area contributed by atoms with Gasteiger partial charge in [-0.2, -0.15) is 10.1 Å². The molecule has 1 fully saturated rings. The van der Waals surface area contributed by atoms with Crippen LogP contribution in [0.1, 0.15) is 16.1 Å². The van der Waals surface area contributed by atoms with Crippen molar-refractivity contribution in [3.8, 4) is 5.75 Å². The van der Waals surface area contributed by atoms with E-state index in [9.17, 15) is 4.79 Å². The SMILES string of the molecule is COc1ccc(CNc2cnnc(N3CCN(C(=O)c4ccco4)CC3)n2)cc1. The van der Waals surface area contributed by atoms with Crippen LogP contribution in [0.4, 0.5) is 11.8 Å². The molecule has 0 aliphatic carbocycles. The lowest BCUT2D eigenvalue weighted by Crippen LogP contribution is -2.49. The zero-order chi connectivity index (χ0) is 20.1. The second kappa shape index (κ2) is 8.59. The van der Waals surface area contributed by atoms with E-state index < -0.39 is 0 Å². The first-order chi connectivity index (χ1) is 14.2. The Bertz CT molecular complexity index is 937. The molecule has 0 unspecified atom stereocenters. The molecule has 0 saturated carbocycles. The molecule has 0 bridgehead atoms. The monoisotopic (exact) mass is 394 g/mol. The molecule has 3 aromatic rings. The van der Waals surface area contributed by atoms with Crippen molar-refractivity contribution in [2.24, 2.45) is 0 Å². The molecular formula is C20H22N6O3. The normalized spacial score (nSPS) is 14.0. The maximum absolute atomic E-state index is 12.4. The van der Waals surface area contributed by atoms with Crippen LogP contribution >= 0.6 is 0 Å². The van der Waals surface area contributed by atoms with Crippen molar-refractivity contribution >= 4 is 17.7 Å². The van der Waals surface area contributed by atoms with Gasteiger partial charge in [-0.25, -0.2) is 0 Å². The topological polar surface area (TPSA) is 96.6 Å². The fourth-order valence-corrected chi connectivity index (χ4v) is 3.11. The predicted octanol–water partition coefficient (Wildman–Crippen LogP) is 2.05. The number of rotatable bonds is 6. The summed E-state index contributed by atoms with van der Waals surface area (Å²) in [5, 5.41) is 11.5. The minimum Gasteiger partial charge on any atom is -0.497 e. The highest BCUT2D eigenvalue weighted by molar-refractivity contribution is 5.91. The lowest BCUT2D eigenvalue weighted by molar-refractivity contribution is 0.0714. The maximum Gasteiger partial charge on any atom is 0.289 e. The summed E-state index contributed by atoms with van der Waals surface area (Å²) in [5.41, 5.74) is 1.11. The largest absolute Gasteiger partial charge is 0.497 e. The van der Waals surface area contributed by atoms with Gasteiger partial charge in [0.1, 0.15) is 5.75 Å². The van der Waals surface area contributed by atoms with Gasteiger partial charge in [0.05, 0.1) is 19.6 Å². The number of anilines is 2. The number of methoxy groups -OCH3 is 1. The average molecular weight is 394 g/mol. The Labute approximate surface area is 168 Å². The van der Waals surface area contributed by atoms with E-state index in [0.717, 1.165) is 11.3 Å². The van der Waals surface area contributed by atoms with Crippen molar-refractivity contribution in [2.45, 2.75) is 6.54 Å². The van der Waals surface area contributed by atoms with E-state index in [4.69, 9.17) is 9.15 Å². The fourth-order valence-electron chi connectivity index (χ4n) is 3.11. The van der Waals surface area contributed by atoms with Crippen LogP contribution in [-0.4, -0.2) is 59.3 Å². The number of amides is 1. The van der Waals surface area contributed by atoms with Crippen molar-refractivity contribution in [2.75, 3.05) is 43.5 Å². The van der Waals surface area contributed by atoms with Crippen molar-refractivity contribution in [1.29, 1.82) is 0 Å². The number of nitrogens with zero attached hydrogens (tertiary/aromatic N) is 5. The molecule has 3 heterocycles. The van der Waals surface area contributed by atoms with E-state index in [1.165, 1.54) is 6.26 Å². The molecule has 1 N–H and O–H groups in total. The summed E-state index contributed by atoms with van der Waals surface area (Å²) < 4.78 is 10.4. The summed E-state index contributed by atoms with van der Waals surface area (Å²) in [6.45, 7) is 3.04. The predicted molar refractivity (Wildman–Crippen MR) is 107 cm³/mol. The number of piperazine rings is 1. The van der Waals surface area contributed by atoms with Crippen LogP contribution < -0.4 is 15.0 Å². The molecule has 0 radical (unpaired) electrons. The molecule has 0 atom stereocenters. The molecule has 1 aliphatic rings. The number of furan rings is 1. The number of hydrogen-bond acceptors (Lipinski definition) is 8. The summed E-state index contributed by atoms with van der Waals surface area (Å²) in [7, 11) is 1.65. The lowest BCUT2D eigenvalue weighted by atomic mass is 10.2. The maximum atomic E-state index is 12.4. The van der Waals surface area contributed by atoms with Crippen LogP contribution in [0.2, 0.25) is 0 Å². The van der Waals surface area contributed by atoms with Gasteiger partial charge in [-0.15, -0.1) is 5.10 Å². The van der Waals surface area contributed by atoms with Gasteiger partial charge in [-0.05, 0) is 29.8 Å². The third kappa shape index (κ3) is 4.45. The number of carbonyl (C=O) groups is 1. The number of nitrogens with one attached hydrogen (secondary N) is 1. The quantitative estimate of drug-likeness (QED) is 0.679. The highest BCUT2D eigenvalue weighted by Gasteiger charge is 2.25. The summed E-state index contributed by atoms with van der Waals surface area (Å²) >= 11 is 0. The first-order valence-corrected chi connectivity index (χ1v) is 9.37. The average Bonchev–Trinajstić information content (AvgIpc) is 3.33. The minimum absolute atomic E-state index is 0.0939. The Kier molecular flexibility index (Phi) is 5.55. The molecular weight excluding hydrogens is 372 g/mol. The first kappa shape index (κ1) is 18.7. The molecule has 2 aromatic heterocycles. The Morgan fingerprint density at radius 1 is 1.17 bits per heavy atom. The number of ether oxygens (including phenoxy) is 1. The van der Waals surface area contributed by atoms with Gasteiger partial charge in [0.25, 0.3) is 5.91 Å². The van der Waals surface area contributed by atoms with Crippen LogP contribution in [0.5, 0.6) is 5.75 Å². The van der Waals surface area contributed by atoms with Crippen molar-refractivity contribution in [1.82, 2.24) is 20.1 Å². The van der Waals surface area contributed by atoms with Gasteiger partial charge in [0, 0.05) is 32.7 Å². The van der Waals surface area contributed by atoms with Gasteiger partial charge in [-0.3, -0.25) is 4.79 Å². The Balaban J connectivity index is 1.33. The second-order valence-electron chi connectivity index (χ2n) is 6.60. The van der Waals surface area contributed by atoms with E-state index in [1.807, 2.05) is 29.2 Å². The summed E-state index contributed by atoms with van der Waals surface area (Å²) in [6.07, 6.45) is 3.11. The minimum atomic E-state index is -0.0939. The summed E-state index contributed by atoms with van der Waals surface area (Å²) in [4.78, 5) is 20.7. The van der Waals surface area contributed by atoms with Gasteiger partial charge in [0.2, 0.25) is 5.95 Å². The lowest BCUT2D eigenvalue weighted by Gasteiger charge is -2.34. The van der Waals surface area contributed by atoms with E-state index >= 15 is 0 Å². The van der Waals surface area contributed by atoms with Crippen molar-refractivity contribution in [3.63, 3.8) is 0 Å². The third-order valence-corrected chi connectivity index (χ3v) is 4.76. The highest BCUT2D eigenvalue weighted by Crippen LogP contribution is 2.16. The van der Waals surface area contributed by atoms with Crippen LogP contribution in [0.25, 0.3) is 0 Å². The Hall–Kier alpha value is -3.62. The van der Waals surface area contributed by atoms with E-state index in [1.54, 1.807) is 30.3 Å². The van der Waals surface area contributed by atoms with Crippen LogP contribution in [0.15, 0.2) is 53.3 Å². The van der Waals surface area contributed by atoms with E-state index in [-0.39, 0.29) is 5.91 Å².